The molecule has 0 aliphatic carbocycles. The number of benzene rings is 2. The van der Waals surface area contributed by atoms with Crippen LogP contribution in [0.25, 0.3) is 0 Å². The van der Waals surface area contributed by atoms with E-state index in [4.69, 9.17) is 5.73 Å². The Morgan fingerprint density at radius 2 is 1.85 bits per heavy atom. The van der Waals surface area contributed by atoms with E-state index in [1.807, 2.05) is 26.0 Å². The summed E-state index contributed by atoms with van der Waals surface area (Å²) < 4.78 is 0.795. The van der Waals surface area contributed by atoms with Gasteiger partial charge in [-0.05, 0) is 59.6 Å². The van der Waals surface area contributed by atoms with Gasteiger partial charge >= 0.3 is 0 Å². The van der Waals surface area contributed by atoms with Crippen molar-refractivity contribution in [2.24, 2.45) is 0 Å². The number of nitrogens with zero attached hydrogens (tertiary/aromatic N) is 1. The van der Waals surface area contributed by atoms with Crippen molar-refractivity contribution in [1.82, 2.24) is 0 Å². The number of hydrogen-bond acceptors (Lipinski definition) is 2. The highest BCUT2D eigenvalue weighted by Gasteiger charge is 2.15. The number of anilines is 2. The van der Waals surface area contributed by atoms with E-state index >= 15 is 0 Å². The fourth-order valence-corrected chi connectivity index (χ4v) is 2.41. The molecule has 0 saturated carbocycles. The standard InChI is InChI=1S/C16H17BrN2O/c1-10-4-7-15(11(2)8-10)19(3)16(20)12-5-6-13(17)14(18)9-12/h4-9H,18H2,1-3H3. The van der Waals surface area contributed by atoms with E-state index in [-0.39, 0.29) is 5.91 Å². The fraction of sp³-hybridized carbons (Fsp3) is 0.188. The normalized spacial score (nSPS) is 10.4. The summed E-state index contributed by atoms with van der Waals surface area (Å²) in [6.45, 7) is 4.04. The van der Waals surface area contributed by atoms with E-state index in [2.05, 4.69) is 22.0 Å². The van der Waals surface area contributed by atoms with Crippen LogP contribution in [0.15, 0.2) is 40.9 Å². The molecule has 2 N–H and O–H groups in total. The predicted molar refractivity (Wildman–Crippen MR) is 87.2 cm³/mol. The maximum Gasteiger partial charge on any atom is 0.258 e. The minimum absolute atomic E-state index is 0.0730. The van der Waals surface area contributed by atoms with Gasteiger partial charge in [-0.2, -0.15) is 0 Å². The van der Waals surface area contributed by atoms with E-state index in [1.165, 1.54) is 5.56 Å². The van der Waals surface area contributed by atoms with Gasteiger partial charge in [-0.15, -0.1) is 0 Å². The van der Waals surface area contributed by atoms with Gasteiger partial charge in [0.25, 0.3) is 5.91 Å². The van der Waals surface area contributed by atoms with Crippen molar-refractivity contribution < 1.29 is 4.79 Å². The molecule has 0 aliphatic heterocycles. The first-order chi connectivity index (χ1) is 9.40. The smallest absolute Gasteiger partial charge is 0.258 e. The molecule has 0 heterocycles. The molecule has 20 heavy (non-hydrogen) atoms. The Morgan fingerprint density at radius 3 is 2.45 bits per heavy atom. The second kappa shape index (κ2) is 5.67. The molecule has 0 fully saturated rings. The third-order valence-corrected chi connectivity index (χ3v) is 3.98. The Morgan fingerprint density at radius 1 is 1.15 bits per heavy atom. The molecule has 0 bridgehead atoms. The molecule has 2 aromatic rings. The minimum Gasteiger partial charge on any atom is -0.398 e. The lowest BCUT2D eigenvalue weighted by Gasteiger charge is -2.20. The van der Waals surface area contributed by atoms with Crippen molar-refractivity contribution in [2.45, 2.75) is 13.8 Å². The molecule has 2 aromatic carbocycles. The van der Waals surface area contributed by atoms with Gasteiger partial charge in [0.15, 0.2) is 0 Å². The average molecular weight is 333 g/mol. The summed E-state index contributed by atoms with van der Waals surface area (Å²) in [5.41, 5.74) is 10.1. The number of nitrogen functional groups attached to an aromatic ring is 1. The molecule has 0 aromatic heterocycles. The lowest BCUT2D eigenvalue weighted by atomic mass is 10.1. The summed E-state index contributed by atoms with van der Waals surface area (Å²) in [5, 5.41) is 0. The Balaban J connectivity index is 2.34. The van der Waals surface area contributed by atoms with Crippen LogP contribution in [0, 0.1) is 13.8 Å². The SMILES string of the molecule is Cc1ccc(N(C)C(=O)c2ccc(Br)c(N)c2)c(C)c1. The number of amides is 1. The molecule has 3 nitrogen and oxygen atoms in total. The third kappa shape index (κ3) is 2.85. The van der Waals surface area contributed by atoms with Crippen LogP contribution in [-0.2, 0) is 0 Å². The van der Waals surface area contributed by atoms with E-state index in [0.29, 0.717) is 11.3 Å². The summed E-state index contributed by atoms with van der Waals surface area (Å²) in [5.74, 6) is -0.0730. The van der Waals surface area contributed by atoms with Gasteiger partial charge in [0, 0.05) is 28.5 Å². The highest BCUT2D eigenvalue weighted by molar-refractivity contribution is 9.10. The van der Waals surface area contributed by atoms with Crippen LogP contribution in [0.2, 0.25) is 0 Å². The summed E-state index contributed by atoms with van der Waals surface area (Å²) in [6.07, 6.45) is 0. The van der Waals surface area contributed by atoms with E-state index in [0.717, 1.165) is 15.7 Å². The maximum atomic E-state index is 12.5. The van der Waals surface area contributed by atoms with Crippen LogP contribution in [-0.4, -0.2) is 13.0 Å². The van der Waals surface area contributed by atoms with Crippen LogP contribution in [0.4, 0.5) is 11.4 Å². The molecule has 0 saturated heterocycles. The topological polar surface area (TPSA) is 46.3 Å². The first kappa shape index (κ1) is 14.6. The molecular formula is C16H17BrN2O. The van der Waals surface area contributed by atoms with E-state index in [9.17, 15) is 4.79 Å². The maximum absolute atomic E-state index is 12.5. The molecule has 0 atom stereocenters. The highest BCUT2D eigenvalue weighted by atomic mass is 79.9. The Bertz CT molecular complexity index is 668. The molecular weight excluding hydrogens is 316 g/mol. The number of rotatable bonds is 2. The highest BCUT2D eigenvalue weighted by Crippen LogP contribution is 2.24. The van der Waals surface area contributed by atoms with Crippen LogP contribution in [0.3, 0.4) is 0 Å². The van der Waals surface area contributed by atoms with Crippen LogP contribution >= 0.6 is 15.9 Å². The van der Waals surface area contributed by atoms with Gasteiger partial charge in [0.2, 0.25) is 0 Å². The van der Waals surface area contributed by atoms with Gasteiger partial charge in [0.1, 0.15) is 0 Å². The molecule has 0 unspecified atom stereocenters. The second-order valence-corrected chi connectivity index (χ2v) is 5.74. The Kier molecular flexibility index (Phi) is 4.14. The van der Waals surface area contributed by atoms with Gasteiger partial charge in [0.05, 0.1) is 0 Å². The monoisotopic (exact) mass is 332 g/mol. The summed E-state index contributed by atoms with van der Waals surface area (Å²) >= 11 is 3.33. The number of hydrogen-bond donors (Lipinski definition) is 1. The van der Waals surface area contributed by atoms with Crippen LogP contribution < -0.4 is 10.6 Å². The molecule has 0 spiro atoms. The zero-order valence-corrected chi connectivity index (χ0v) is 13.4. The van der Waals surface area contributed by atoms with Crippen molar-refractivity contribution in [3.8, 4) is 0 Å². The van der Waals surface area contributed by atoms with Crippen molar-refractivity contribution in [3.63, 3.8) is 0 Å². The van der Waals surface area contributed by atoms with Gasteiger partial charge in [-0.1, -0.05) is 17.7 Å². The van der Waals surface area contributed by atoms with Crippen molar-refractivity contribution in [1.29, 1.82) is 0 Å². The average Bonchev–Trinajstić information content (AvgIpc) is 2.40. The quantitative estimate of drug-likeness (QED) is 0.847. The Hall–Kier alpha value is -1.81. The molecule has 2 rings (SSSR count). The first-order valence-corrected chi connectivity index (χ1v) is 7.10. The van der Waals surface area contributed by atoms with Gasteiger partial charge in [-0.3, -0.25) is 4.79 Å². The van der Waals surface area contributed by atoms with Crippen LogP contribution in [0.5, 0.6) is 0 Å². The fourth-order valence-electron chi connectivity index (χ4n) is 2.16. The number of aryl methyl sites for hydroxylation is 2. The van der Waals surface area contributed by atoms with E-state index < -0.39 is 0 Å². The predicted octanol–water partition coefficient (Wildman–Crippen LogP) is 3.92. The summed E-state index contributed by atoms with van der Waals surface area (Å²) in [4.78, 5) is 14.2. The van der Waals surface area contributed by atoms with Gasteiger partial charge in [-0.25, -0.2) is 0 Å². The first-order valence-electron chi connectivity index (χ1n) is 6.30. The van der Waals surface area contributed by atoms with Gasteiger partial charge < -0.3 is 10.6 Å². The zero-order valence-electron chi connectivity index (χ0n) is 11.8. The number of nitrogens with two attached hydrogens (primary N) is 1. The largest absolute Gasteiger partial charge is 0.398 e. The molecule has 104 valence electrons. The Labute approximate surface area is 127 Å². The number of carbonyl (C=O) groups excluding carboxylic acids is 1. The molecule has 0 radical (unpaired) electrons. The summed E-state index contributed by atoms with van der Waals surface area (Å²) in [6, 6.07) is 11.3. The van der Waals surface area contributed by atoms with Crippen LogP contribution in [0.1, 0.15) is 21.5 Å². The minimum atomic E-state index is -0.0730. The van der Waals surface area contributed by atoms with Crippen molar-refractivity contribution >= 4 is 33.2 Å². The third-order valence-electron chi connectivity index (χ3n) is 3.26. The van der Waals surface area contributed by atoms with E-state index in [1.54, 1.807) is 30.1 Å². The number of carbonyl (C=O) groups is 1. The molecule has 0 aliphatic rings. The number of halogens is 1. The lowest BCUT2D eigenvalue weighted by Crippen LogP contribution is -2.27. The lowest BCUT2D eigenvalue weighted by molar-refractivity contribution is 0.0993. The second-order valence-electron chi connectivity index (χ2n) is 4.89. The molecule has 1 amide bonds. The van der Waals surface area contributed by atoms with Crippen molar-refractivity contribution in [2.75, 3.05) is 17.7 Å². The molecule has 4 heteroatoms. The zero-order chi connectivity index (χ0) is 14.9. The van der Waals surface area contributed by atoms with Crippen molar-refractivity contribution in [3.05, 3.63) is 57.6 Å². The summed E-state index contributed by atoms with van der Waals surface area (Å²) in [7, 11) is 1.78.